The Morgan fingerprint density at radius 2 is 1.93 bits per heavy atom. The highest BCUT2D eigenvalue weighted by atomic mass is 16.5. The lowest BCUT2D eigenvalue weighted by atomic mass is 10.2. The Balaban J connectivity index is 2.20. The summed E-state index contributed by atoms with van der Waals surface area (Å²) in [5, 5.41) is 0. The summed E-state index contributed by atoms with van der Waals surface area (Å²) >= 11 is 0. The first kappa shape index (κ1) is 11.6. The van der Waals surface area contributed by atoms with E-state index in [2.05, 4.69) is 32.1 Å². The SMILES string of the molecule is CC(C)=CCO/C=C/Cc1ccccc1. The average Bonchev–Trinajstić information content (AvgIpc) is 2.24. The van der Waals surface area contributed by atoms with E-state index in [9.17, 15) is 0 Å². The number of hydrogen-bond donors (Lipinski definition) is 0. The fourth-order valence-corrected chi connectivity index (χ4v) is 1.14. The summed E-state index contributed by atoms with van der Waals surface area (Å²) in [6, 6.07) is 10.3. The van der Waals surface area contributed by atoms with E-state index in [-0.39, 0.29) is 0 Å². The molecule has 0 saturated carbocycles. The predicted molar refractivity (Wildman–Crippen MR) is 64.7 cm³/mol. The van der Waals surface area contributed by atoms with Crippen LogP contribution in [0.2, 0.25) is 0 Å². The van der Waals surface area contributed by atoms with E-state index in [1.165, 1.54) is 11.1 Å². The second kappa shape index (κ2) is 6.88. The number of hydrogen-bond acceptors (Lipinski definition) is 1. The molecule has 0 saturated heterocycles. The van der Waals surface area contributed by atoms with E-state index < -0.39 is 0 Å². The molecule has 1 rings (SSSR count). The molecule has 0 amide bonds. The van der Waals surface area contributed by atoms with E-state index in [4.69, 9.17) is 4.74 Å². The minimum Gasteiger partial charge on any atom is -0.497 e. The first-order valence-electron chi connectivity index (χ1n) is 5.23. The Bertz CT molecular complexity index is 318. The molecule has 0 aliphatic carbocycles. The maximum Gasteiger partial charge on any atom is 0.106 e. The molecular formula is C14H18O. The van der Waals surface area contributed by atoms with E-state index in [1.54, 1.807) is 6.26 Å². The molecule has 0 bridgehead atoms. The second-order valence-corrected chi connectivity index (χ2v) is 3.68. The number of allylic oxidation sites excluding steroid dienone is 2. The fourth-order valence-electron chi connectivity index (χ4n) is 1.14. The molecule has 1 aromatic rings. The Morgan fingerprint density at radius 1 is 1.20 bits per heavy atom. The van der Waals surface area contributed by atoms with Gasteiger partial charge in [0.25, 0.3) is 0 Å². The summed E-state index contributed by atoms with van der Waals surface area (Å²) in [4.78, 5) is 0. The van der Waals surface area contributed by atoms with Gasteiger partial charge in [0.15, 0.2) is 0 Å². The van der Waals surface area contributed by atoms with Crippen LogP contribution >= 0.6 is 0 Å². The van der Waals surface area contributed by atoms with Crippen molar-refractivity contribution in [3.8, 4) is 0 Å². The van der Waals surface area contributed by atoms with Gasteiger partial charge in [-0.25, -0.2) is 0 Å². The second-order valence-electron chi connectivity index (χ2n) is 3.68. The zero-order valence-corrected chi connectivity index (χ0v) is 9.44. The van der Waals surface area contributed by atoms with Gasteiger partial charge in [-0.1, -0.05) is 35.9 Å². The predicted octanol–water partition coefficient (Wildman–Crippen LogP) is 3.73. The van der Waals surface area contributed by atoms with Gasteiger partial charge >= 0.3 is 0 Å². The maximum atomic E-state index is 5.31. The highest BCUT2D eigenvalue weighted by molar-refractivity contribution is 5.17. The molecular weight excluding hydrogens is 184 g/mol. The molecule has 0 fully saturated rings. The highest BCUT2D eigenvalue weighted by Gasteiger charge is 1.85. The summed E-state index contributed by atoms with van der Waals surface area (Å²) in [6.07, 6.45) is 6.79. The lowest BCUT2D eigenvalue weighted by Gasteiger charge is -1.96. The number of ether oxygens (including phenoxy) is 1. The van der Waals surface area contributed by atoms with Crippen molar-refractivity contribution >= 4 is 0 Å². The van der Waals surface area contributed by atoms with Crippen molar-refractivity contribution < 1.29 is 4.74 Å². The lowest BCUT2D eigenvalue weighted by Crippen LogP contribution is -1.83. The van der Waals surface area contributed by atoms with Crippen molar-refractivity contribution in [1.29, 1.82) is 0 Å². The third-order valence-electron chi connectivity index (χ3n) is 1.98. The van der Waals surface area contributed by atoms with Gasteiger partial charge in [-0.3, -0.25) is 0 Å². The van der Waals surface area contributed by atoms with E-state index >= 15 is 0 Å². The van der Waals surface area contributed by atoms with Crippen LogP contribution in [0.15, 0.2) is 54.3 Å². The third-order valence-corrected chi connectivity index (χ3v) is 1.98. The van der Waals surface area contributed by atoms with Crippen LogP contribution in [0, 0.1) is 0 Å². The topological polar surface area (TPSA) is 9.23 Å². The summed E-state index contributed by atoms with van der Waals surface area (Å²) in [7, 11) is 0. The van der Waals surface area contributed by atoms with Crippen LogP contribution in [0.1, 0.15) is 19.4 Å². The molecule has 0 heterocycles. The van der Waals surface area contributed by atoms with Crippen LogP contribution < -0.4 is 0 Å². The molecule has 0 aromatic heterocycles. The molecule has 1 heteroatoms. The van der Waals surface area contributed by atoms with Gasteiger partial charge in [-0.15, -0.1) is 0 Å². The quantitative estimate of drug-likeness (QED) is 0.401. The standard InChI is InChI=1S/C14H18O/c1-13(2)10-12-15-11-6-9-14-7-4-3-5-8-14/h3-8,10-11H,9,12H2,1-2H3/b11-6+. The van der Waals surface area contributed by atoms with Crippen LogP contribution in [0.25, 0.3) is 0 Å². The van der Waals surface area contributed by atoms with Crippen LogP contribution in [0.4, 0.5) is 0 Å². The number of rotatable bonds is 5. The Labute approximate surface area is 92.1 Å². The molecule has 15 heavy (non-hydrogen) atoms. The molecule has 0 unspecified atom stereocenters. The van der Waals surface area contributed by atoms with Crippen molar-refractivity contribution in [2.45, 2.75) is 20.3 Å². The Hall–Kier alpha value is -1.50. The van der Waals surface area contributed by atoms with E-state index in [0.717, 1.165) is 6.42 Å². The van der Waals surface area contributed by atoms with Crippen LogP contribution in [-0.4, -0.2) is 6.61 Å². The van der Waals surface area contributed by atoms with E-state index in [0.29, 0.717) is 6.61 Å². The van der Waals surface area contributed by atoms with Gasteiger partial charge in [0.1, 0.15) is 6.61 Å². The van der Waals surface area contributed by atoms with Gasteiger partial charge in [0, 0.05) is 0 Å². The lowest BCUT2D eigenvalue weighted by molar-refractivity contribution is 0.288. The van der Waals surface area contributed by atoms with Crippen LogP contribution in [0.5, 0.6) is 0 Å². The van der Waals surface area contributed by atoms with Crippen molar-refractivity contribution in [2.75, 3.05) is 6.61 Å². The molecule has 1 nitrogen and oxygen atoms in total. The average molecular weight is 202 g/mol. The summed E-state index contributed by atoms with van der Waals surface area (Å²) in [5.41, 5.74) is 2.59. The van der Waals surface area contributed by atoms with Crippen molar-refractivity contribution in [2.24, 2.45) is 0 Å². The minimum absolute atomic E-state index is 0.660. The van der Waals surface area contributed by atoms with Gasteiger partial charge < -0.3 is 4.74 Å². The van der Waals surface area contributed by atoms with E-state index in [1.807, 2.05) is 24.3 Å². The monoisotopic (exact) mass is 202 g/mol. The molecule has 0 spiro atoms. The summed E-state index contributed by atoms with van der Waals surface area (Å²) in [6.45, 7) is 4.79. The molecule has 0 radical (unpaired) electrons. The van der Waals surface area contributed by atoms with Crippen molar-refractivity contribution in [3.05, 3.63) is 59.9 Å². The van der Waals surface area contributed by atoms with Gasteiger partial charge in [0.05, 0.1) is 6.26 Å². The van der Waals surface area contributed by atoms with Gasteiger partial charge in [0.2, 0.25) is 0 Å². The van der Waals surface area contributed by atoms with Gasteiger partial charge in [-0.05, 0) is 38.0 Å². The van der Waals surface area contributed by atoms with Crippen molar-refractivity contribution in [1.82, 2.24) is 0 Å². The molecule has 0 aliphatic rings. The first-order valence-corrected chi connectivity index (χ1v) is 5.23. The molecule has 0 aliphatic heterocycles. The molecule has 1 aromatic carbocycles. The zero-order valence-electron chi connectivity index (χ0n) is 9.44. The summed E-state index contributed by atoms with van der Waals surface area (Å²) in [5.74, 6) is 0. The first-order chi connectivity index (χ1) is 7.29. The fraction of sp³-hybridized carbons (Fsp3) is 0.286. The third kappa shape index (κ3) is 5.74. The molecule has 0 N–H and O–H groups in total. The smallest absolute Gasteiger partial charge is 0.106 e. The highest BCUT2D eigenvalue weighted by Crippen LogP contribution is 2.00. The van der Waals surface area contributed by atoms with Gasteiger partial charge in [-0.2, -0.15) is 0 Å². The largest absolute Gasteiger partial charge is 0.497 e. The zero-order chi connectivity index (χ0) is 10.9. The Kier molecular flexibility index (Phi) is 5.31. The molecule has 0 atom stereocenters. The molecule has 80 valence electrons. The Morgan fingerprint density at radius 3 is 2.60 bits per heavy atom. The van der Waals surface area contributed by atoms with Crippen LogP contribution in [0.3, 0.4) is 0 Å². The summed E-state index contributed by atoms with van der Waals surface area (Å²) < 4.78 is 5.31. The van der Waals surface area contributed by atoms with Crippen LogP contribution in [-0.2, 0) is 11.2 Å². The van der Waals surface area contributed by atoms with Crippen molar-refractivity contribution in [3.63, 3.8) is 0 Å². The normalized spacial score (nSPS) is 10.3. The maximum absolute atomic E-state index is 5.31. The minimum atomic E-state index is 0.660. The number of benzene rings is 1.